The third kappa shape index (κ3) is 4.94. The number of rotatable bonds is 7. The minimum Gasteiger partial charge on any atom is -0.381 e. The molecule has 1 amide bonds. The Bertz CT molecular complexity index is 1270. The number of nitrogens with one attached hydrogen (secondary N) is 1. The molecule has 198 valence electrons. The van der Waals surface area contributed by atoms with E-state index in [2.05, 4.69) is 32.2 Å². The second kappa shape index (κ2) is 10.6. The van der Waals surface area contributed by atoms with Crippen molar-refractivity contribution in [1.29, 1.82) is 0 Å². The standard InChI is InChI=1S/C28H33N7O3/c29-25(36)24-26(31-22-3-1-20(2-4-22)19-34-13-17-38-18-14-34)33-27(23(32-24)21-5-10-30-11-6-21)35-12-7-28(35)8-15-37-16-9-28/h1-6,10-11H,7-9,12-19H2,(H2,29,36)(H,31,33). The molecule has 1 aromatic carbocycles. The fourth-order valence-electron chi connectivity index (χ4n) is 5.57. The van der Waals surface area contributed by atoms with Crippen LogP contribution < -0.4 is 16.0 Å². The first-order chi connectivity index (χ1) is 18.6. The quantitative estimate of drug-likeness (QED) is 0.489. The predicted molar refractivity (Wildman–Crippen MR) is 144 cm³/mol. The minimum atomic E-state index is -0.629. The molecule has 3 aliphatic heterocycles. The number of nitrogens with zero attached hydrogens (tertiary/aromatic N) is 5. The van der Waals surface area contributed by atoms with Crippen molar-refractivity contribution < 1.29 is 14.3 Å². The van der Waals surface area contributed by atoms with Crippen molar-refractivity contribution in [3.8, 4) is 11.3 Å². The minimum absolute atomic E-state index is 0.00135. The van der Waals surface area contributed by atoms with E-state index in [9.17, 15) is 4.79 Å². The van der Waals surface area contributed by atoms with Crippen LogP contribution in [0, 0.1) is 0 Å². The lowest BCUT2D eigenvalue weighted by Gasteiger charge is -2.55. The van der Waals surface area contributed by atoms with Gasteiger partial charge in [-0.05, 0) is 49.1 Å². The average Bonchev–Trinajstić information content (AvgIpc) is 2.95. The first kappa shape index (κ1) is 24.7. The van der Waals surface area contributed by atoms with Crippen LogP contribution >= 0.6 is 0 Å². The van der Waals surface area contributed by atoms with Gasteiger partial charge in [-0.3, -0.25) is 14.7 Å². The van der Waals surface area contributed by atoms with Gasteiger partial charge in [0.05, 0.1) is 13.2 Å². The number of morpholine rings is 1. The molecule has 3 N–H and O–H groups in total. The zero-order valence-electron chi connectivity index (χ0n) is 21.4. The van der Waals surface area contributed by atoms with E-state index in [1.807, 2.05) is 24.3 Å². The van der Waals surface area contributed by atoms with E-state index >= 15 is 0 Å². The van der Waals surface area contributed by atoms with Gasteiger partial charge in [0, 0.05) is 68.6 Å². The number of ether oxygens (including phenoxy) is 2. The van der Waals surface area contributed by atoms with Gasteiger partial charge in [0.2, 0.25) is 0 Å². The predicted octanol–water partition coefficient (Wildman–Crippen LogP) is 2.97. The number of nitrogens with two attached hydrogens (primary N) is 1. The summed E-state index contributed by atoms with van der Waals surface area (Å²) < 4.78 is 11.1. The summed E-state index contributed by atoms with van der Waals surface area (Å²) in [5.74, 6) is 0.483. The Labute approximate surface area is 222 Å². The lowest BCUT2D eigenvalue weighted by molar-refractivity contribution is 0.0285. The average molecular weight is 516 g/mol. The van der Waals surface area contributed by atoms with Crippen molar-refractivity contribution in [2.45, 2.75) is 31.3 Å². The summed E-state index contributed by atoms with van der Waals surface area (Å²) in [6, 6.07) is 12.0. The van der Waals surface area contributed by atoms with Gasteiger partial charge in [0.1, 0.15) is 5.69 Å². The molecule has 6 rings (SSSR count). The number of amides is 1. The summed E-state index contributed by atoms with van der Waals surface area (Å²) in [6.45, 7) is 6.64. The highest BCUT2D eigenvalue weighted by molar-refractivity contribution is 5.97. The zero-order chi connectivity index (χ0) is 26.0. The molecule has 0 saturated carbocycles. The fraction of sp³-hybridized carbons (Fsp3) is 0.429. The van der Waals surface area contributed by atoms with Crippen molar-refractivity contribution in [1.82, 2.24) is 19.9 Å². The van der Waals surface area contributed by atoms with Gasteiger partial charge in [-0.25, -0.2) is 9.97 Å². The van der Waals surface area contributed by atoms with Crippen molar-refractivity contribution in [3.63, 3.8) is 0 Å². The summed E-state index contributed by atoms with van der Waals surface area (Å²) in [5, 5.41) is 3.33. The molecule has 0 radical (unpaired) electrons. The number of carbonyl (C=O) groups excluding carboxylic acids is 1. The summed E-state index contributed by atoms with van der Waals surface area (Å²) >= 11 is 0. The molecule has 10 nitrogen and oxygen atoms in total. The highest BCUT2D eigenvalue weighted by atomic mass is 16.5. The topological polar surface area (TPSA) is 119 Å². The van der Waals surface area contributed by atoms with Crippen LogP contribution in [0.3, 0.4) is 0 Å². The first-order valence-corrected chi connectivity index (χ1v) is 13.3. The number of benzene rings is 1. The Morgan fingerprint density at radius 1 is 0.921 bits per heavy atom. The van der Waals surface area contributed by atoms with Crippen LogP contribution in [0.2, 0.25) is 0 Å². The number of pyridine rings is 1. The first-order valence-electron chi connectivity index (χ1n) is 13.3. The Balaban J connectivity index is 1.33. The Kier molecular flexibility index (Phi) is 6.92. The molecule has 0 unspecified atom stereocenters. The lowest BCUT2D eigenvalue weighted by atomic mass is 9.77. The summed E-state index contributed by atoms with van der Waals surface area (Å²) in [6.07, 6.45) is 6.40. The van der Waals surface area contributed by atoms with Gasteiger partial charge < -0.3 is 25.4 Å². The lowest BCUT2D eigenvalue weighted by Crippen LogP contribution is -2.63. The van der Waals surface area contributed by atoms with E-state index in [0.717, 1.165) is 88.9 Å². The summed E-state index contributed by atoms with van der Waals surface area (Å²) in [4.78, 5) is 31.2. The Hall–Kier alpha value is -3.60. The van der Waals surface area contributed by atoms with E-state index in [4.69, 9.17) is 25.2 Å². The van der Waals surface area contributed by atoms with Gasteiger partial charge in [0.15, 0.2) is 17.3 Å². The number of primary amides is 1. The molecule has 3 fully saturated rings. The van der Waals surface area contributed by atoms with Crippen molar-refractivity contribution in [2.75, 3.05) is 56.3 Å². The van der Waals surface area contributed by atoms with Crippen LogP contribution in [0.4, 0.5) is 17.3 Å². The van der Waals surface area contributed by atoms with Crippen LogP contribution in [0.15, 0.2) is 48.8 Å². The number of aromatic nitrogens is 3. The molecule has 3 aromatic rings. The molecule has 10 heteroatoms. The molecule has 0 atom stereocenters. The molecule has 0 bridgehead atoms. The zero-order valence-corrected chi connectivity index (χ0v) is 21.4. The largest absolute Gasteiger partial charge is 0.381 e. The third-order valence-electron chi connectivity index (χ3n) is 7.84. The van der Waals surface area contributed by atoms with Crippen molar-refractivity contribution >= 4 is 23.2 Å². The van der Waals surface area contributed by atoms with E-state index in [0.29, 0.717) is 11.5 Å². The van der Waals surface area contributed by atoms with Crippen LogP contribution in [-0.4, -0.2) is 77.4 Å². The van der Waals surface area contributed by atoms with E-state index in [1.54, 1.807) is 12.4 Å². The normalized spacial score (nSPS) is 19.2. The van der Waals surface area contributed by atoms with Crippen LogP contribution in [0.1, 0.15) is 35.3 Å². The van der Waals surface area contributed by atoms with Gasteiger partial charge in [-0.1, -0.05) is 12.1 Å². The van der Waals surface area contributed by atoms with Gasteiger partial charge in [-0.2, -0.15) is 0 Å². The van der Waals surface area contributed by atoms with E-state index < -0.39 is 5.91 Å². The monoisotopic (exact) mass is 515 g/mol. The van der Waals surface area contributed by atoms with Gasteiger partial charge in [-0.15, -0.1) is 0 Å². The molecule has 0 aliphatic carbocycles. The molecular formula is C28H33N7O3. The third-order valence-corrected chi connectivity index (χ3v) is 7.84. The van der Waals surface area contributed by atoms with E-state index in [-0.39, 0.29) is 11.2 Å². The van der Waals surface area contributed by atoms with Crippen LogP contribution in [0.5, 0.6) is 0 Å². The Morgan fingerprint density at radius 2 is 1.63 bits per heavy atom. The summed E-state index contributed by atoms with van der Waals surface area (Å²) in [7, 11) is 0. The second-order valence-corrected chi connectivity index (χ2v) is 10.1. The fourth-order valence-corrected chi connectivity index (χ4v) is 5.57. The second-order valence-electron chi connectivity index (χ2n) is 10.1. The highest BCUT2D eigenvalue weighted by Gasteiger charge is 2.47. The molecular weight excluding hydrogens is 482 g/mol. The van der Waals surface area contributed by atoms with Crippen molar-refractivity contribution in [3.05, 3.63) is 60.0 Å². The smallest absolute Gasteiger partial charge is 0.271 e. The maximum Gasteiger partial charge on any atom is 0.271 e. The van der Waals surface area contributed by atoms with Crippen molar-refractivity contribution in [2.24, 2.45) is 5.73 Å². The molecule has 2 aromatic heterocycles. The molecule has 5 heterocycles. The van der Waals surface area contributed by atoms with Crippen LogP contribution in [-0.2, 0) is 16.0 Å². The number of hydrogen-bond donors (Lipinski definition) is 2. The Morgan fingerprint density at radius 3 is 2.29 bits per heavy atom. The molecule has 38 heavy (non-hydrogen) atoms. The number of carbonyl (C=O) groups is 1. The summed E-state index contributed by atoms with van der Waals surface area (Å²) in [5.41, 5.74) is 9.44. The maximum absolute atomic E-state index is 12.6. The van der Waals surface area contributed by atoms with Gasteiger partial charge in [0.25, 0.3) is 5.91 Å². The molecule has 3 saturated heterocycles. The van der Waals surface area contributed by atoms with E-state index in [1.165, 1.54) is 5.56 Å². The SMILES string of the molecule is NC(=O)c1nc(-c2ccncc2)c(N2CCC23CCOCC3)nc1Nc1ccc(CN2CCOCC2)cc1. The van der Waals surface area contributed by atoms with Crippen LogP contribution in [0.25, 0.3) is 11.3 Å². The molecule has 1 spiro atoms. The molecule has 3 aliphatic rings. The highest BCUT2D eigenvalue weighted by Crippen LogP contribution is 2.45. The number of anilines is 3. The van der Waals surface area contributed by atoms with Gasteiger partial charge >= 0.3 is 0 Å². The maximum atomic E-state index is 12.6. The number of hydrogen-bond acceptors (Lipinski definition) is 9.